The van der Waals surface area contributed by atoms with Gasteiger partial charge in [0.25, 0.3) is 5.97 Å². The summed E-state index contributed by atoms with van der Waals surface area (Å²) in [6.07, 6.45) is 0. The van der Waals surface area contributed by atoms with Crippen LogP contribution >= 0.6 is 16.3 Å². The average Bonchev–Trinajstić information content (AvgIpc) is 1.41. The van der Waals surface area contributed by atoms with Crippen molar-refractivity contribution in [3.63, 3.8) is 0 Å². The Kier molecular flexibility index (Phi) is 13.8. The Morgan fingerprint density at radius 2 is 1.67 bits per heavy atom. The van der Waals surface area contributed by atoms with Gasteiger partial charge in [0.15, 0.2) is 0 Å². The van der Waals surface area contributed by atoms with Crippen LogP contribution in [0.25, 0.3) is 0 Å². The number of hydrogen-bond donors (Lipinski definition) is 2. The van der Waals surface area contributed by atoms with Crippen LogP contribution in [0.15, 0.2) is 0 Å². The lowest BCUT2D eigenvalue weighted by Gasteiger charge is -1.59. The Morgan fingerprint density at radius 1 is 1.67 bits per heavy atom. The van der Waals surface area contributed by atoms with E-state index in [-0.39, 0.29) is 0 Å². The van der Waals surface area contributed by atoms with Crippen molar-refractivity contribution in [3.8, 4) is 0 Å². The molecular weight excluding hydrogens is 152 g/mol. The van der Waals surface area contributed by atoms with Crippen LogP contribution in [0.3, 0.4) is 0 Å². The summed E-state index contributed by atoms with van der Waals surface area (Å²) in [6, 6.07) is 0. The van der Waals surface area contributed by atoms with Gasteiger partial charge >= 0.3 is 0 Å². The first-order valence-electron chi connectivity index (χ1n) is 1.10. The number of carbonyl (C=O) groups is 1. The molecule has 0 bridgehead atoms. The third-order valence-corrected chi connectivity index (χ3v) is 0. The standard InChI is InChI=1S/C2H4O2.BrHO/c1-2(3)4;1-2/h1H3,(H,3,4);2H. The van der Waals surface area contributed by atoms with Gasteiger partial charge in [0.1, 0.15) is 0 Å². The summed E-state index contributed by atoms with van der Waals surface area (Å²) in [7, 11) is 0. The molecule has 0 radical (unpaired) electrons. The van der Waals surface area contributed by atoms with Crippen molar-refractivity contribution < 1.29 is 14.1 Å². The highest BCUT2D eigenvalue weighted by Gasteiger charge is 1.65. The van der Waals surface area contributed by atoms with E-state index in [9.17, 15) is 0 Å². The Morgan fingerprint density at radius 3 is 1.67 bits per heavy atom. The second-order valence-corrected chi connectivity index (χ2v) is 0.519. The van der Waals surface area contributed by atoms with Crippen molar-refractivity contribution in [3.05, 3.63) is 0 Å². The van der Waals surface area contributed by atoms with Crippen molar-refractivity contribution in [1.82, 2.24) is 0 Å². The Balaban J connectivity index is 0. The van der Waals surface area contributed by atoms with Gasteiger partial charge in [-0.2, -0.15) is 0 Å². The number of carboxylic acids is 1. The Labute approximate surface area is 44.1 Å². The van der Waals surface area contributed by atoms with E-state index in [0.717, 1.165) is 6.92 Å². The van der Waals surface area contributed by atoms with Crippen LogP contribution in [-0.4, -0.2) is 15.3 Å². The second kappa shape index (κ2) is 8.86. The van der Waals surface area contributed by atoms with Crippen LogP contribution in [0.1, 0.15) is 6.92 Å². The fourth-order valence-corrected chi connectivity index (χ4v) is 0. The summed E-state index contributed by atoms with van der Waals surface area (Å²) in [5, 5.41) is 7.42. The molecule has 0 fully saturated rings. The minimum atomic E-state index is -0.833. The van der Waals surface area contributed by atoms with Crippen molar-refractivity contribution in [1.29, 1.82) is 0 Å². The molecule has 4 heteroatoms. The summed E-state index contributed by atoms with van der Waals surface area (Å²) in [5.74, 6) is -0.833. The van der Waals surface area contributed by atoms with E-state index >= 15 is 0 Å². The molecule has 2 N–H and O–H groups in total. The molecule has 0 aromatic heterocycles. The highest BCUT2D eigenvalue weighted by molar-refractivity contribution is 9.05. The molecule has 0 saturated heterocycles. The van der Waals surface area contributed by atoms with E-state index in [1.165, 1.54) is 0 Å². The van der Waals surface area contributed by atoms with Gasteiger partial charge in [0.05, 0.1) is 16.3 Å². The third-order valence-electron chi connectivity index (χ3n) is 0. The molecule has 0 spiro atoms. The van der Waals surface area contributed by atoms with Crippen LogP contribution in [-0.2, 0) is 4.79 Å². The molecule has 0 saturated carbocycles. The fraction of sp³-hybridized carbons (Fsp3) is 0.500. The predicted molar refractivity (Wildman–Crippen MR) is 24.5 cm³/mol. The quantitative estimate of drug-likeness (QED) is 0.534. The van der Waals surface area contributed by atoms with Crippen LogP contribution in [0.5, 0.6) is 0 Å². The van der Waals surface area contributed by atoms with Crippen molar-refractivity contribution >= 4 is 22.2 Å². The number of hydrogen-bond acceptors (Lipinski definition) is 2. The van der Waals surface area contributed by atoms with Crippen LogP contribution in [0, 0.1) is 0 Å². The Bertz CT molecular complexity index is 31.8. The summed E-state index contributed by atoms with van der Waals surface area (Å²) >= 11 is 1.94. The SMILES string of the molecule is CC(=O)O.OBr. The topological polar surface area (TPSA) is 57.5 Å². The second-order valence-electron chi connectivity index (χ2n) is 0.519. The molecule has 0 aliphatic heterocycles. The lowest BCUT2D eigenvalue weighted by molar-refractivity contribution is -0.134. The van der Waals surface area contributed by atoms with Gasteiger partial charge in [0.2, 0.25) is 0 Å². The van der Waals surface area contributed by atoms with Crippen LogP contribution < -0.4 is 0 Å². The first-order valence-corrected chi connectivity index (χ1v) is 1.81. The zero-order valence-corrected chi connectivity index (χ0v) is 4.77. The van der Waals surface area contributed by atoms with Crippen molar-refractivity contribution in [2.45, 2.75) is 6.92 Å². The van der Waals surface area contributed by atoms with Crippen LogP contribution in [0.2, 0.25) is 0 Å². The van der Waals surface area contributed by atoms with Crippen molar-refractivity contribution in [2.24, 2.45) is 0 Å². The van der Waals surface area contributed by atoms with Crippen LogP contribution in [0.4, 0.5) is 0 Å². The average molecular weight is 157 g/mol. The smallest absolute Gasteiger partial charge is 0.300 e. The van der Waals surface area contributed by atoms with Gasteiger partial charge in [-0.3, -0.25) is 4.79 Å². The number of aliphatic carboxylic acids is 1. The van der Waals surface area contributed by atoms with Gasteiger partial charge in [-0.15, -0.1) is 0 Å². The molecule has 0 heterocycles. The number of rotatable bonds is 0. The maximum absolute atomic E-state index is 9.00. The highest BCUT2D eigenvalue weighted by atomic mass is 79.9. The monoisotopic (exact) mass is 156 g/mol. The largest absolute Gasteiger partial charge is 0.481 e. The minimum Gasteiger partial charge on any atom is -0.481 e. The molecule has 6 heavy (non-hydrogen) atoms. The lowest BCUT2D eigenvalue weighted by atomic mass is 10.9. The highest BCUT2D eigenvalue weighted by Crippen LogP contribution is 1.43. The van der Waals surface area contributed by atoms with Gasteiger partial charge in [-0.1, -0.05) is 0 Å². The molecule has 3 nitrogen and oxygen atoms in total. The summed E-state index contributed by atoms with van der Waals surface area (Å²) < 4.78 is 6.81. The molecule has 38 valence electrons. The normalized spacial score (nSPS) is 5.17. The van der Waals surface area contributed by atoms with E-state index in [1.54, 1.807) is 0 Å². The molecule has 0 atom stereocenters. The molecule has 0 amide bonds. The molecule has 0 aliphatic carbocycles. The maximum atomic E-state index is 9.00. The molecule has 0 aromatic rings. The number of carboxylic acid groups (broad SMARTS) is 1. The van der Waals surface area contributed by atoms with Gasteiger partial charge < -0.3 is 9.30 Å². The third kappa shape index (κ3) is 4090. The van der Waals surface area contributed by atoms with E-state index in [0.29, 0.717) is 0 Å². The summed E-state index contributed by atoms with van der Waals surface area (Å²) in [5.41, 5.74) is 0. The molecular formula is C2H5BrO3. The summed E-state index contributed by atoms with van der Waals surface area (Å²) in [6.45, 7) is 1.08. The lowest BCUT2D eigenvalue weighted by Crippen LogP contribution is -1.78. The van der Waals surface area contributed by atoms with Gasteiger partial charge in [0, 0.05) is 6.92 Å². The molecule has 0 aliphatic rings. The first kappa shape index (κ1) is 9.32. The number of halogens is 1. The van der Waals surface area contributed by atoms with Gasteiger partial charge in [-0.25, -0.2) is 0 Å². The Hall–Kier alpha value is -0.0900. The molecule has 0 rings (SSSR count). The fourth-order valence-electron chi connectivity index (χ4n) is 0. The zero-order valence-electron chi connectivity index (χ0n) is 3.18. The van der Waals surface area contributed by atoms with E-state index in [1.807, 2.05) is 16.3 Å². The molecule has 0 aromatic carbocycles. The zero-order chi connectivity index (χ0) is 5.58. The molecule has 0 unspecified atom stereocenters. The minimum absolute atomic E-state index is 0.833. The van der Waals surface area contributed by atoms with Crippen molar-refractivity contribution in [2.75, 3.05) is 0 Å². The van der Waals surface area contributed by atoms with E-state index in [2.05, 4.69) is 0 Å². The summed E-state index contributed by atoms with van der Waals surface area (Å²) in [4.78, 5) is 9.00. The van der Waals surface area contributed by atoms with E-state index < -0.39 is 5.97 Å². The van der Waals surface area contributed by atoms with E-state index in [4.69, 9.17) is 14.1 Å². The predicted octanol–water partition coefficient (Wildman–Crippen LogP) is 0.380. The van der Waals surface area contributed by atoms with Gasteiger partial charge in [-0.05, 0) is 0 Å². The maximum Gasteiger partial charge on any atom is 0.300 e. The first-order chi connectivity index (χ1) is 2.73.